The molecule has 2 amide bonds. The van der Waals surface area contributed by atoms with E-state index in [9.17, 15) is 4.79 Å². The maximum atomic E-state index is 12.8. The summed E-state index contributed by atoms with van der Waals surface area (Å²) in [6, 6.07) is 3.89. The molecule has 0 atom stereocenters. The van der Waals surface area contributed by atoms with E-state index in [1.807, 2.05) is 17.0 Å². The van der Waals surface area contributed by atoms with E-state index in [-0.39, 0.29) is 6.03 Å². The maximum Gasteiger partial charge on any atom is 0.329 e. The van der Waals surface area contributed by atoms with Crippen LogP contribution in [-0.2, 0) is 6.42 Å². The van der Waals surface area contributed by atoms with Gasteiger partial charge in [0.1, 0.15) is 0 Å². The molecule has 5 heteroatoms. The molecule has 0 spiro atoms. The molecule has 2 aliphatic heterocycles. The van der Waals surface area contributed by atoms with Crippen molar-refractivity contribution in [3.8, 4) is 0 Å². The Kier molecular flexibility index (Phi) is 4.48. The normalized spacial score (nSPS) is 21.4. The highest BCUT2D eigenvalue weighted by atomic mass is 35.5. The summed E-state index contributed by atoms with van der Waals surface area (Å²) in [5.41, 5.74) is 3.03. The van der Waals surface area contributed by atoms with Gasteiger partial charge in [-0.25, -0.2) is 4.79 Å². The second-order valence-electron chi connectivity index (χ2n) is 7.11. The number of allylic oxidation sites excluding steroid dienone is 1. The van der Waals surface area contributed by atoms with E-state index in [0.717, 1.165) is 47.8 Å². The third-order valence-corrected chi connectivity index (χ3v) is 6.14. The van der Waals surface area contributed by atoms with Gasteiger partial charge in [-0.1, -0.05) is 55.0 Å². The first-order valence-electron chi connectivity index (χ1n) is 8.89. The molecule has 128 valence electrons. The highest BCUT2D eigenvalue weighted by molar-refractivity contribution is 6.37. The van der Waals surface area contributed by atoms with Gasteiger partial charge in [-0.05, 0) is 42.9 Å². The first kappa shape index (κ1) is 16.3. The van der Waals surface area contributed by atoms with Gasteiger partial charge in [0.05, 0.1) is 17.3 Å². The van der Waals surface area contributed by atoms with Crippen molar-refractivity contribution in [3.63, 3.8) is 0 Å². The number of nitrogens with zero attached hydrogens (tertiary/aromatic N) is 2. The van der Waals surface area contributed by atoms with Crippen molar-refractivity contribution in [1.29, 1.82) is 0 Å². The molecule has 1 aromatic carbocycles. The molecule has 3 nitrogen and oxygen atoms in total. The van der Waals surface area contributed by atoms with Crippen molar-refractivity contribution < 1.29 is 4.79 Å². The molecule has 0 bridgehead atoms. The third-order valence-electron chi connectivity index (χ3n) is 5.48. The van der Waals surface area contributed by atoms with Gasteiger partial charge in [0.25, 0.3) is 0 Å². The van der Waals surface area contributed by atoms with Crippen LogP contribution in [0.15, 0.2) is 23.9 Å². The smallest absolute Gasteiger partial charge is 0.296 e. The summed E-state index contributed by atoms with van der Waals surface area (Å²) in [7, 11) is 0. The van der Waals surface area contributed by atoms with Crippen LogP contribution < -0.4 is 4.90 Å². The molecule has 0 radical (unpaired) electrons. The predicted molar refractivity (Wildman–Crippen MR) is 98.9 cm³/mol. The van der Waals surface area contributed by atoms with Crippen LogP contribution in [0.3, 0.4) is 0 Å². The minimum atomic E-state index is 0.0389. The number of halogens is 2. The average Bonchev–Trinajstić information content (AvgIpc) is 3.19. The van der Waals surface area contributed by atoms with E-state index in [1.54, 1.807) is 4.90 Å². The number of carbonyl (C=O) groups is 1. The monoisotopic (exact) mass is 364 g/mol. The molecule has 3 aliphatic rings. The number of hydrogen-bond acceptors (Lipinski definition) is 1. The lowest BCUT2D eigenvalue weighted by Gasteiger charge is -2.22. The SMILES string of the molecule is O=C1N2CCCC=C2CN1c1cc(CC2CCCC2)c(Cl)cc1Cl. The Morgan fingerprint density at radius 3 is 2.58 bits per heavy atom. The van der Waals surface area contributed by atoms with Crippen molar-refractivity contribution in [2.24, 2.45) is 5.92 Å². The quantitative estimate of drug-likeness (QED) is 0.679. The second kappa shape index (κ2) is 6.61. The maximum absolute atomic E-state index is 12.8. The Bertz CT molecular complexity index is 695. The Morgan fingerprint density at radius 1 is 1.04 bits per heavy atom. The summed E-state index contributed by atoms with van der Waals surface area (Å²) in [5.74, 6) is 0.708. The highest BCUT2D eigenvalue weighted by Crippen LogP contribution is 2.38. The second-order valence-corrected chi connectivity index (χ2v) is 7.92. The molecule has 0 aromatic heterocycles. The number of fused-ring (bicyclic) bond motifs is 1. The van der Waals surface area contributed by atoms with E-state index in [0.29, 0.717) is 17.5 Å². The molecule has 1 saturated carbocycles. The molecular weight excluding hydrogens is 343 g/mol. The van der Waals surface area contributed by atoms with Crippen molar-refractivity contribution in [3.05, 3.63) is 39.5 Å². The van der Waals surface area contributed by atoms with E-state index >= 15 is 0 Å². The number of anilines is 1. The summed E-state index contributed by atoms with van der Waals surface area (Å²) >= 11 is 12.9. The van der Waals surface area contributed by atoms with Gasteiger partial charge >= 0.3 is 6.03 Å². The van der Waals surface area contributed by atoms with E-state index < -0.39 is 0 Å². The summed E-state index contributed by atoms with van der Waals surface area (Å²) in [6.07, 6.45) is 10.4. The molecule has 0 N–H and O–H groups in total. The van der Waals surface area contributed by atoms with Crippen LogP contribution in [0.4, 0.5) is 10.5 Å². The Morgan fingerprint density at radius 2 is 1.83 bits per heavy atom. The molecule has 1 aliphatic carbocycles. The average molecular weight is 365 g/mol. The number of urea groups is 1. The Labute approximate surface area is 153 Å². The zero-order valence-electron chi connectivity index (χ0n) is 13.7. The fourth-order valence-corrected chi connectivity index (χ4v) is 4.74. The molecule has 0 unspecified atom stereocenters. The molecule has 1 saturated heterocycles. The molecule has 24 heavy (non-hydrogen) atoms. The molecule has 2 heterocycles. The lowest BCUT2D eigenvalue weighted by molar-refractivity contribution is 0.225. The third kappa shape index (κ3) is 2.93. The van der Waals surface area contributed by atoms with Crippen molar-refractivity contribution in [2.45, 2.75) is 44.9 Å². The van der Waals surface area contributed by atoms with Crippen LogP contribution in [0.1, 0.15) is 44.1 Å². The zero-order chi connectivity index (χ0) is 16.7. The van der Waals surface area contributed by atoms with Gasteiger partial charge in [-0.15, -0.1) is 0 Å². The Hall–Kier alpha value is -1.19. The van der Waals surface area contributed by atoms with Gasteiger partial charge in [-0.2, -0.15) is 0 Å². The highest BCUT2D eigenvalue weighted by Gasteiger charge is 2.36. The standard InChI is InChI=1S/C19H22Cl2N2O/c20-16-11-17(21)18(10-14(16)9-13-5-1-2-6-13)23-12-15-7-3-4-8-22(15)19(23)24/h7,10-11,13H,1-6,8-9,12H2. The number of amides is 2. The lowest BCUT2D eigenvalue weighted by Crippen LogP contribution is -2.33. The van der Waals surface area contributed by atoms with Crippen LogP contribution in [0.2, 0.25) is 10.0 Å². The largest absolute Gasteiger partial charge is 0.329 e. The summed E-state index contributed by atoms with van der Waals surface area (Å²) in [4.78, 5) is 16.4. The van der Waals surface area contributed by atoms with Gasteiger partial charge < -0.3 is 0 Å². The van der Waals surface area contributed by atoms with Gasteiger partial charge in [-0.3, -0.25) is 9.80 Å². The van der Waals surface area contributed by atoms with Crippen molar-refractivity contribution >= 4 is 34.9 Å². The fourth-order valence-electron chi connectivity index (χ4n) is 4.17. The number of hydrogen-bond donors (Lipinski definition) is 0. The van der Waals surface area contributed by atoms with Gasteiger partial charge in [0.2, 0.25) is 0 Å². The lowest BCUT2D eigenvalue weighted by atomic mass is 9.97. The van der Waals surface area contributed by atoms with E-state index in [1.165, 1.54) is 25.7 Å². The molecule has 4 rings (SSSR count). The number of rotatable bonds is 3. The molecular formula is C19H22Cl2N2O. The number of carbonyl (C=O) groups excluding carboxylic acids is 1. The van der Waals surface area contributed by atoms with E-state index in [4.69, 9.17) is 23.2 Å². The predicted octanol–water partition coefficient (Wildman–Crippen LogP) is 5.65. The fraction of sp³-hybridized carbons (Fsp3) is 0.526. The summed E-state index contributed by atoms with van der Waals surface area (Å²) in [5, 5.41) is 1.28. The minimum Gasteiger partial charge on any atom is -0.296 e. The van der Waals surface area contributed by atoms with Crippen LogP contribution in [0.25, 0.3) is 0 Å². The zero-order valence-corrected chi connectivity index (χ0v) is 15.2. The Balaban J connectivity index is 1.64. The van der Waals surface area contributed by atoms with Gasteiger partial charge in [0.15, 0.2) is 0 Å². The van der Waals surface area contributed by atoms with Gasteiger partial charge in [0, 0.05) is 17.3 Å². The first-order chi connectivity index (χ1) is 11.6. The molecule has 1 aromatic rings. The minimum absolute atomic E-state index is 0.0389. The van der Waals surface area contributed by atoms with Crippen molar-refractivity contribution in [2.75, 3.05) is 18.0 Å². The topological polar surface area (TPSA) is 23.6 Å². The van der Waals surface area contributed by atoms with Crippen molar-refractivity contribution in [1.82, 2.24) is 4.90 Å². The van der Waals surface area contributed by atoms with Crippen LogP contribution in [0.5, 0.6) is 0 Å². The van der Waals surface area contributed by atoms with Crippen LogP contribution in [0, 0.1) is 5.92 Å². The van der Waals surface area contributed by atoms with Crippen LogP contribution >= 0.6 is 23.2 Å². The first-order valence-corrected chi connectivity index (χ1v) is 9.65. The molecule has 2 fully saturated rings. The number of benzene rings is 1. The van der Waals surface area contributed by atoms with Crippen LogP contribution in [-0.4, -0.2) is 24.0 Å². The summed E-state index contributed by atoms with van der Waals surface area (Å²) in [6.45, 7) is 1.42. The summed E-state index contributed by atoms with van der Waals surface area (Å²) < 4.78 is 0. The van der Waals surface area contributed by atoms with E-state index in [2.05, 4.69) is 6.08 Å².